The highest BCUT2D eigenvalue weighted by atomic mass is 19.4. The van der Waals surface area contributed by atoms with Gasteiger partial charge in [-0.05, 0) is 11.5 Å². The summed E-state index contributed by atoms with van der Waals surface area (Å²) in [6.07, 6.45) is -4.84. The lowest BCUT2D eigenvalue weighted by Gasteiger charge is -2.13. The minimum Gasteiger partial charge on any atom is -0.316 e. The molecule has 1 N–H and O–H groups in total. The van der Waals surface area contributed by atoms with E-state index in [0.29, 0.717) is 6.54 Å². The van der Waals surface area contributed by atoms with Gasteiger partial charge in [-0.15, -0.1) is 0 Å². The van der Waals surface area contributed by atoms with E-state index in [1.807, 2.05) is 37.3 Å². The number of rotatable bonds is 5. The number of halogens is 3. The van der Waals surface area contributed by atoms with Gasteiger partial charge in [-0.2, -0.15) is 13.2 Å². The van der Waals surface area contributed by atoms with Crippen molar-refractivity contribution in [1.82, 2.24) is 5.32 Å². The van der Waals surface area contributed by atoms with Crippen molar-refractivity contribution >= 4 is 0 Å². The quantitative estimate of drug-likeness (QED) is 0.766. The zero-order valence-electron chi connectivity index (χ0n) is 9.22. The van der Waals surface area contributed by atoms with E-state index in [2.05, 4.69) is 5.32 Å². The van der Waals surface area contributed by atoms with Crippen LogP contribution < -0.4 is 5.32 Å². The fourth-order valence-electron chi connectivity index (χ4n) is 1.45. The van der Waals surface area contributed by atoms with Gasteiger partial charge in [0.25, 0.3) is 0 Å². The van der Waals surface area contributed by atoms with Crippen LogP contribution in [0.15, 0.2) is 30.3 Å². The van der Waals surface area contributed by atoms with E-state index in [0.717, 1.165) is 5.56 Å². The molecule has 0 aliphatic rings. The molecule has 0 heterocycles. The molecule has 1 unspecified atom stereocenters. The molecular weight excluding hydrogens is 215 g/mol. The Kier molecular flexibility index (Phi) is 4.80. The second kappa shape index (κ2) is 5.89. The average molecular weight is 231 g/mol. The maximum Gasteiger partial charge on any atom is 0.390 e. The van der Waals surface area contributed by atoms with Gasteiger partial charge in [0.2, 0.25) is 0 Å². The SMILES string of the molecule is CC(CNCCC(F)(F)F)c1ccccc1. The zero-order valence-corrected chi connectivity index (χ0v) is 9.22. The van der Waals surface area contributed by atoms with Crippen LogP contribution in [0.1, 0.15) is 24.8 Å². The van der Waals surface area contributed by atoms with Crippen molar-refractivity contribution < 1.29 is 13.2 Å². The zero-order chi connectivity index (χ0) is 12.0. The summed E-state index contributed by atoms with van der Waals surface area (Å²) in [6.45, 7) is 2.55. The topological polar surface area (TPSA) is 12.0 Å². The summed E-state index contributed by atoms with van der Waals surface area (Å²) in [6, 6.07) is 9.75. The van der Waals surface area contributed by atoms with E-state index in [1.165, 1.54) is 0 Å². The highest BCUT2D eigenvalue weighted by molar-refractivity contribution is 5.18. The minimum absolute atomic E-state index is 0.0132. The van der Waals surface area contributed by atoms with Gasteiger partial charge in [0.1, 0.15) is 0 Å². The first-order valence-corrected chi connectivity index (χ1v) is 5.31. The number of nitrogens with one attached hydrogen (secondary N) is 1. The smallest absolute Gasteiger partial charge is 0.316 e. The Hall–Kier alpha value is -1.03. The van der Waals surface area contributed by atoms with Gasteiger partial charge >= 0.3 is 6.18 Å². The molecule has 90 valence electrons. The van der Waals surface area contributed by atoms with E-state index < -0.39 is 12.6 Å². The molecule has 0 amide bonds. The number of alkyl halides is 3. The summed E-state index contributed by atoms with van der Waals surface area (Å²) in [5.41, 5.74) is 1.14. The van der Waals surface area contributed by atoms with E-state index in [-0.39, 0.29) is 12.5 Å². The third-order valence-electron chi connectivity index (χ3n) is 2.40. The lowest BCUT2D eigenvalue weighted by atomic mass is 10.0. The average Bonchev–Trinajstić information content (AvgIpc) is 2.24. The van der Waals surface area contributed by atoms with Crippen LogP contribution in [0.4, 0.5) is 13.2 Å². The molecule has 4 heteroatoms. The predicted octanol–water partition coefficient (Wildman–Crippen LogP) is 3.33. The van der Waals surface area contributed by atoms with Crippen molar-refractivity contribution in [2.75, 3.05) is 13.1 Å². The molecular formula is C12H16F3N. The molecule has 1 atom stereocenters. The highest BCUT2D eigenvalue weighted by Crippen LogP contribution is 2.18. The summed E-state index contributed by atoms with van der Waals surface area (Å²) >= 11 is 0. The lowest BCUT2D eigenvalue weighted by molar-refractivity contribution is -0.133. The Morgan fingerprint density at radius 3 is 2.38 bits per heavy atom. The van der Waals surface area contributed by atoms with Crippen molar-refractivity contribution in [2.45, 2.75) is 25.4 Å². The van der Waals surface area contributed by atoms with Crippen molar-refractivity contribution in [3.8, 4) is 0 Å². The van der Waals surface area contributed by atoms with Crippen LogP contribution in [0.2, 0.25) is 0 Å². The minimum atomic E-state index is -4.07. The second-order valence-corrected chi connectivity index (χ2v) is 3.88. The lowest BCUT2D eigenvalue weighted by Crippen LogP contribution is -2.25. The van der Waals surface area contributed by atoms with Gasteiger partial charge in [0, 0.05) is 13.1 Å². The predicted molar refractivity (Wildman–Crippen MR) is 58.4 cm³/mol. The molecule has 0 aliphatic heterocycles. The van der Waals surface area contributed by atoms with Crippen molar-refractivity contribution in [1.29, 1.82) is 0 Å². The first-order chi connectivity index (χ1) is 7.49. The Labute approximate surface area is 93.7 Å². The van der Waals surface area contributed by atoms with Crippen LogP contribution in [-0.4, -0.2) is 19.3 Å². The molecule has 0 fully saturated rings. The van der Waals surface area contributed by atoms with Crippen molar-refractivity contribution in [3.05, 3.63) is 35.9 Å². The van der Waals surface area contributed by atoms with E-state index in [4.69, 9.17) is 0 Å². The second-order valence-electron chi connectivity index (χ2n) is 3.88. The maximum absolute atomic E-state index is 11.9. The van der Waals surface area contributed by atoms with Crippen molar-refractivity contribution in [3.63, 3.8) is 0 Å². The van der Waals surface area contributed by atoms with Crippen LogP contribution in [0.5, 0.6) is 0 Å². The molecule has 0 aliphatic carbocycles. The largest absolute Gasteiger partial charge is 0.390 e. The highest BCUT2D eigenvalue weighted by Gasteiger charge is 2.25. The molecule has 0 saturated heterocycles. The summed E-state index contributed by atoms with van der Waals surface area (Å²) in [7, 11) is 0. The Morgan fingerprint density at radius 1 is 1.19 bits per heavy atom. The van der Waals surface area contributed by atoms with Gasteiger partial charge in [0.15, 0.2) is 0 Å². The van der Waals surface area contributed by atoms with Crippen molar-refractivity contribution in [2.24, 2.45) is 0 Å². The Balaban J connectivity index is 2.24. The fraction of sp³-hybridized carbons (Fsp3) is 0.500. The number of benzene rings is 1. The molecule has 16 heavy (non-hydrogen) atoms. The Morgan fingerprint density at radius 2 is 1.81 bits per heavy atom. The van der Waals surface area contributed by atoms with Gasteiger partial charge in [-0.3, -0.25) is 0 Å². The van der Waals surface area contributed by atoms with Gasteiger partial charge in [0.05, 0.1) is 6.42 Å². The van der Waals surface area contributed by atoms with Crippen LogP contribution in [0, 0.1) is 0 Å². The van der Waals surface area contributed by atoms with Gasteiger partial charge in [-0.1, -0.05) is 37.3 Å². The monoisotopic (exact) mass is 231 g/mol. The summed E-state index contributed by atoms with van der Waals surface area (Å²) in [5.74, 6) is 0.231. The summed E-state index contributed by atoms with van der Waals surface area (Å²) < 4.78 is 35.6. The van der Waals surface area contributed by atoms with Gasteiger partial charge < -0.3 is 5.32 Å². The summed E-state index contributed by atoms with van der Waals surface area (Å²) in [5, 5.41) is 2.82. The molecule has 1 rings (SSSR count). The molecule has 1 aromatic carbocycles. The van der Waals surface area contributed by atoms with Crippen LogP contribution in [-0.2, 0) is 0 Å². The first kappa shape index (κ1) is 13.0. The molecule has 0 saturated carbocycles. The van der Waals surface area contributed by atoms with Crippen LogP contribution in [0.3, 0.4) is 0 Å². The molecule has 1 aromatic rings. The van der Waals surface area contributed by atoms with Crippen LogP contribution >= 0.6 is 0 Å². The number of hydrogen-bond acceptors (Lipinski definition) is 1. The van der Waals surface area contributed by atoms with E-state index >= 15 is 0 Å². The van der Waals surface area contributed by atoms with E-state index in [9.17, 15) is 13.2 Å². The third kappa shape index (κ3) is 5.16. The number of hydrogen-bond donors (Lipinski definition) is 1. The molecule has 0 spiro atoms. The third-order valence-corrected chi connectivity index (χ3v) is 2.40. The Bertz CT molecular complexity index is 295. The summed E-state index contributed by atoms with van der Waals surface area (Å²) in [4.78, 5) is 0. The van der Waals surface area contributed by atoms with E-state index in [1.54, 1.807) is 0 Å². The first-order valence-electron chi connectivity index (χ1n) is 5.31. The maximum atomic E-state index is 11.9. The van der Waals surface area contributed by atoms with Gasteiger partial charge in [-0.25, -0.2) is 0 Å². The standard InChI is InChI=1S/C12H16F3N/c1-10(11-5-3-2-4-6-11)9-16-8-7-12(13,14)15/h2-6,10,16H,7-9H2,1H3. The molecule has 1 nitrogen and oxygen atoms in total. The van der Waals surface area contributed by atoms with Crippen LogP contribution in [0.25, 0.3) is 0 Å². The molecule has 0 bridgehead atoms. The fourth-order valence-corrected chi connectivity index (χ4v) is 1.45. The molecule has 0 radical (unpaired) electrons. The molecule has 0 aromatic heterocycles. The normalized spacial score (nSPS) is 13.8.